The zero-order chi connectivity index (χ0) is 25.4. The number of unbranched alkanes of at least 4 members (excludes halogenated alkanes) is 1. The van der Waals surface area contributed by atoms with Crippen LogP contribution < -0.4 is 20.7 Å². The van der Waals surface area contributed by atoms with Crippen LogP contribution in [0.25, 0.3) is 17.2 Å². The number of ether oxygens (including phenoxy) is 3. The number of benzene rings is 1. The zero-order valence-corrected chi connectivity index (χ0v) is 20.7. The first-order valence-electron chi connectivity index (χ1n) is 11.7. The Bertz CT molecular complexity index is 1320. The van der Waals surface area contributed by atoms with E-state index >= 15 is 0 Å². The van der Waals surface area contributed by atoms with E-state index in [4.69, 9.17) is 14.2 Å². The van der Waals surface area contributed by atoms with Crippen LogP contribution in [-0.2, 0) is 30.2 Å². The van der Waals surface area contributed by atoms with Gasteiger partial charge in [-0.15, -0.1) is 0 Å². The Morgan fingerprint density at radius 1 is 1.06 bits per heavy atom. The highest BCUT2D eigenvalue weighted by molar-refractivity contribution is 5.87. The summed E-state index contributed by atoms with van der Waals surface area (Å²) < 4.78 is 20.7. The van der Waals surface area contributed by atoms with E-state index in [0.29, 0.717) is 42.3 Å². The molecule has 0 aliphatic carbocycles. The second-order valence-electron chi connectivity index (χ2n) is 8.02. The van der Waals surface area contributed by atoms with Gasteiger partial charge in [-0.2, -0.15) is 0 Å². The van der Waals surface area contributed by atoms with E-state index in [1.165, 1.54) is 17.0 Å². The highest BCUT2D eigenvalue weighted by atomic mass is 16.5. The molecule has 0 aliphatic rings. The normalized spacial score (nSPS) is 11.3. The maximum absolute atomic E-state index is 12.7. The third kappa shape index (κ3) is 6.20. The Balaban J connectivity index is 1.57. The molecule has 0 N–H and O–H groups in total. The lowest BCUT2D eigenvalue weighted by Gasteiger charge is -2.12. The molecule has 2 aromatic heterocycles. The molecule has 0 fully saturated rings. The summed E-state index contributed by atoms with van der Waals surface area (Å²) in [5.41, 5.74) is 0.581. The number of carbonyl (C=O) groups excluding carboxylic acids is 1. The van der Waals surface area contributed by atoms with Crippen LogP contribution in [0.15, 0.2) is 40.2 Å². The molecule has 1 aromatic carbocycles. The molecule has 188 valence electrons. The lowest BCUT2D eigenvalue weighted by atomic mass is 10.2. The second kappa shape index (κ2) is 12.0. The van der Waals surface area contributed by atoms with Gasteiger partial charge in [0.05, 0.1) is 26.1 Å². The third-order valence-corrected chi connectivity index (χ3v) is 5.41. The molecule has 0 spiro atoms. The van der Waals surface area contributed by atoms with Crippen molar-refractivity contribution in [2.75, 3.05) is 19.8 Å². The first kappa shape index (κ1) is 25.8. The minimum absolute atomic E-state index is 0.0661. The number of hydrogen-bond donors (Lipinski definition) is 0. The van der Waals surface area contributed by atoms with Gasteiger partial charge in [0.2, 0.25) is 0 Å². The molecule has 35 heavy (non-hydrogen) atoms. The van der Waals surface area contributed by atoms with Gasteiger partial charge in [0.1, 0.15) is 0 Å². The largest absolute Gasteiger partial charge is 0.490 e. The Morgan fingerprint density at radius 3 is 2.60 bits per heavy atom. The number of fused-ring (bicyclic) bond motifs is 1. The van der Waals surface area contributed by atoms with E-state index in [-0.39, 0.29) is 13.2 Å². The number of rotatable bonds is 12. The molecular weight excluding hydrogens is 452 g/mol. The molecular formula is C25H32N4O6. The van der Waals surface area contributed by atoms with Gasteiger partial charge in [-0.3, -0.25) is 13.9 Å². The van der Waals surface area contributed by atoms with Crippen molar-refractivity contribution in [1.82, 2.24) is 18.7 Å². The van der Waals surface area contributed by atoms with Crippen molar-refractivity contribution in [2.24, 2.45) is 14.1 Å². The molecule has 0 amide bonds. The third-order valence-electron chi connectivity index (χ3n) is 5.41. The van der Waals surface area contributed by atoms with Crippen LogP contribution >= 0.6 is 0 Å². The summed E-state index contributed by atoms with van der Waals surface area (Å²) in [4.78, 5) is 41.4. The summed E-state index contributed by atoms with van der Waals surface area (Å²) in [6.07, 6.45) is 6.78. The van der Waals surface area contributed by atoms with Gasteiger partial charge in [-0.05, 0) is 43.5 Å². The molecule has 0 unspecified atom stereocenters. The summed E-state index contributed by atoms with van der Waals surface area (Å²) in [6.45, 7) is 5.30. The van der Waals surface area contributed by atoms with Crippen LogP contribution in [0.1, 0.15) is 38.7 Å². The van der Waals surface area contributed by atoms with Gasteiger partial charge in [0.15, 0.2) is 22.7 Å². The van der Waals surface area contributed by atoms with Crippen molar-refractivity contribution in [1.29, 1.82) is 0 Å². The van der Waals surface area contributed by atoms with E-state index in [9.17, 15) is 14.4 Å². The van der Waals surface area contributed by atoms with Gasteiger partial charge < -0.3 is 18.8 Å². The molecule has 0 bridgehead atoms. The topological polar surface area (TPSA) is 107 Å². The minimum Gasteiger partial charge on any atom is -0.490 e. The summed E-state index contributed by atoms with van der Waals surface area (Å²) in [5, 5.41) is 0. The molecule has 0 saturated carbocycles. The number of imidazole rings is 1. The highest BCUT2D eigenvalue weighted by Gasteiger charge is 2.14. The maximum Gasteiger partial charge on any atom is 0.332 e. The molecule has 0 aliphatic heterocycles. The van der Waals surface area contributed by atoms with Crippen LogP contribution in [-0.4, -0.2) is 44.5 Å². The van der Waals surface area contributed by atoms with E-state index in [2.05, 4.69) is 11.9 Å². The molecule has 0 saturated heterocycles. The summed E-state index contributed by atoms with van der Waals surface area (Å²) in [7, 11) is 3.27. The van der Waals surface area contributed by atoms with Gasteiger partial charge in [0.25, 0.3) is 5.56 Å². The van der Waals surface area contributed by atoms with Gasteiger partial charge in [0, 0.05) is 26.7 Å². The van der Waals surface area contributed by atoms with Crippen molar-refractivity contribution in [2.45, 2.75) is 39.7 Å². The van der Waals surface area contributed by atoms with Gasteiger partial charge in [-0.1, -0.05) is 19.4 Å². The lowest BCUT2D eigenvalue weighted by Crippen LogP contribution is -2.39. The molecule has 3 aromatic rings. The Labute approximate surface area is 203 Å². The standard InChI is InChI=1S/C25H32N4O6/c1-5-7-14-34-19-11-9-18(16-20(19)33-6-2)10-12-21(30)35-15-8-13-29-24(31)22-23(26-17-27(22)3)28(4)25(29)32/h9-12,16-17H,5-8,13-15H2,1-4H3/b12-10+. The Morgan fingerprint density at radius 2 is 1.86 bits per heavy atom. The van der Waals surface area contributed by atoms with Crippen molar-refractivity contribution in [3.63, 3.8) is 0 Å². The van der Waals surface area contributed by atoms with Crippen LogP contribution in [0, 0.1) is 0 Å². The van der Waals surface area contributed by atoms with E-state index in [1.54, 1.807) is 24.7 Å². The average Bonchev–Trinajstić information content (AvgIpc) is 3.24. The summed E-state index contributed by atoms with van der Waals surface area (Å²) in [6, 6.07) is 5.47. The van der Waals surface area contributed by atoms with Crippen LogP contribution in [0.3, 0.4) is 0 Å². The van der Waals surface area contributed by atoms with Crippen LogP contribution in [0.4, 0.5) is 0 Å². The quantitative estimate of drug-likeness (QED) is 0.221. The molecule has 0 radical (unpaired) electrons. The number of hydrogen-bond acceptors (Lipinski definition) is 7. The van der Waals surface area contributed by atoms with Crippen LogP contribution in [0.5, 0.6) is 11.5 Å². The average molecular weight is 485 g/mol. The maximum atomic E-state index is 12.7. The Hall–Kier alpha value is -3.82. The van der Waals surface area contributed by atoms with Crippen molar-refractivity contribution in [3.8, 4) is 11.5 Å². The van der Waals surface area contributed by atoms with Crippen molar-refractivity contribution >= 4 is 23.2 Å². The number of carbonyl (C=O) groups is 1. The highest BCUT2D eigenvalue weighted by Crippen LogP contribution is 2.29. The van der Waals surface area contributed by atoms with Gasteiger partial charge in [-0.25, -0.2) is 14.6 Å². The summed E-state index contributed by atoms with van der Waals surface area (Å²) >= 11 is 0. The number of aryl methyl sites for hydroxylation is 2. The van der Waals surface area contributed by atoms with E-state index in [1.807, 2.05) is 25.1 Å². The van der Waals surface area contributed by atoms with E-state index in [0.717, 1.165) is 23.0 Å². The number of esters is 1. The monoisotopic (exact) mass is 484 g/mol. The summed E-state index contributed by atoms with van der Waals surface area (Å²) in [5.74, 6) is 0.774. The van der Waals surface area contributed by atoms with Crippen molar-refractivity contribution < 1.29 is 19.0 Å². The van der Waals surface area contributed by atoms with Gasteiger partial charge >= 0.3 is 11.7 Å². The van der Waals surface area contributed by atoms with Crippen molar-refractivity contribution in [3.05, 3.63) is 57.0 Å². The SMILES string of the molecule is CCCCOc1ccc(/C=C/C(=O)OCCCn2c(=O)c3c(ncn3C)n(C)c2=O)cc1OCC. The number of aromatic nitrogens is 4. The first-order valence-corrected chi connectivity index (χ1v) is 11.7. The fourth-order valence-electron chi connectivity index (χ4n) is 3.54. The first-order chi connectivity index (χ1) is 16.9. The van der Waals surface area contributed by atoms with Crippen LogP contribution in [0.2, 0.25) is 0 Å². The molecule has 2 heterocycles. The molecule has 10 heteroatoms. The smallest absolute Gasteiger partial charge is 0.332 e. The number of nitrogens with zero attached hydrogens (tertiary/aromatic N) is 4. The zero-order valence-electron chi connectivity index (χ0n) is 20.7. The lowest BCUT2D eigenvalue weighted by molar-refractivity contribution is -0.137. The molecule has 0 atom stereocenters. The fourth-order valence-corrected chi connectivity index (χ4v) is 3.54. The second-order valence-corrected chi connectivity index (χ2v) is 8.02. The Kier molecular flexibility index (Phi) is 8.88. The molecule has 3 rings (SSSR count). The van der Waals surface area contributed by atoms with E-state index < -0.39 is 17.2 Å². The minimum atomic E-state index is -0.520. The molecule has 10 nitrogen and oxygen atoms in total. The predicted octanol–water partition coefficient (Wildman–Crippen LogP) is 2.66. The predicted molar refractivity (Wildman–Crippen MR) is 133 cm³/mol. The fraction of sp³-hybridized carbons (Fsp3) is 0.440.